The number of aryl methyl sites for hydroxylation is 1. The largest absolute Gasteiger partial charge is 0.496 e. The van der Waals surface area contributed by atoms with Gasteiger partial charge in [0.25, 0.3) is 5.91 Å². The van der Waals surface area contributed by atoms with Gasteiger partial charge in [-0.2, -0.15) is 13.1 Å². The van der Waals surface area contributed by atoms with Gasteiger partial charge in [0, 0.05) is 62.8 Å². The van der Waals surface area contributed by atoms with Crippen molar-refractivity contribution in [3.05, 3.63) is 88.0 Å². The van der Waals surface area contributed by atoms with Gasteiger partial charge in [0.15, 0.2) is 0 Å². The van der Waals surface area contributed by atoms with Crippen molar-refractivity contribution in [3.8, 4) is 5.75 Å². The van der Waals surface area contributed by atoms with E-state index in [4.69, 9.17) is 44.1 Å². The molecule has 0 saturated carbocycles. The summed E-state index contributed by atoms with van der Waals surface area (Å²) < 4.78 is 100. The standard InChI is InChI=1S/C49H69N7O16S3/c1-30-24-39(66-4)31(2)32(3)45(30)74(61,62)55-38(48(59)54-37(49(60)56-19-8-7-9-20-56)25-33-10-12-34(13-11-33)46(50)51)28-73-29-42(57)53-36-16-14-35(15-17-36)47(58)52-18-21-69-22-23-70-44-41(27-72-75(63,64)65)71-26-40(67-5)43(44)68-6/h10-17,24,37-38,40-41,43-44,55H,7-9,18-23,25-29H2,1-6H3,(H3,50,51)(H,52,58)(H,53,57)(H,54,59)(H,63,64,65)/t37?,38-,40?,41?,43+,44-/m0/s1. The van der Waals surface area contributed by atoms with E-state index >= 15 is 0 Å². The van der Waals surface area contributed by atoms with Crippen LogP contribution < -0.4 is 31.1 Å². The first-order chi connectivity index (χ1) is 35.7. The molecule has 3 aromatic carbocycles. The van der Waals surface area contributed by atoms with Crippen LogP contribution in [-0.2, 0) is 69.1 Å². The van der Waals surface area contributed by atoms with Crippen LogP contribution in [0.2, 0.25) is 0 Å². The molecule has 0 aromatic heterocycles. The van der Waals surface area contributed by atoms with Crippen molar-refractivity contribution in [2.45, 2.75) is 87.8 Å². The topological polar surface area (TPSA) is 323 Å². The van der Waals surface area contributed by atoms with Crippen LogP contribution in [0, 0.1) is 26.2 Å². The summed E-state index contributed by atoms with van der Waals surface area (Å²) in [5.41, 5.74) is 8.89. The van der Waals surface area contributed by atoms with Crippen LogP contribution >= 0.6 is 11.8 Å². The van der Waals surface area contributed by atoms with Gasteiger partial charge in [0.05, 0.1) is 50.8 Å². The summed E-state index contributed by atoms with van der Waals surface area (Å²) in [5, 5.41) is 16.1. The van der Waals surface area contributed by atoms with Gasteiger partial charge >= 0.3 is 10.4 Å². The third kappa shape index (κ3) is 17.9. The number of hydrogen-bond donors (Lipinski definition) is 7. The SMILES string of the molecule is COc1cc(C)c(S(=O)(=O)N[C@@H](CSCC(=O)Nc2ccc(C(=O)NCCOCCO[C@H]3C(COS(=O)(=O)O)OCC(OC)[C@H]3OC)cc2)C(=O)NC(Cc2ccc(C(=N)N)cc2)C(=O)N2CCCCC2)c(C)c1C. The van der Waals surface area contributed by atoms with Crippen molar-refractivity contribution in [3.63, 3.8) is 0 Å². The van der Waals surface area contributed by atoms with Crippen molar-refractivity contribution in [1.82, 2.24) is 20.3 Å². The van der Waals surface area contributed by atoms with E-state index in [0.717, 1.165) is 31.0 Å². The molecule has 0 bridgehead atoms. The van der Waals surface area contributed by atoms with Gasteiger partial charge in [-0.15, -0.1) is 11.8 Å². The lowest BCUT2D eigenvalue weighted by Gasteiger charge is -2.40. The molecule has 5 rings (SSSR count). The smallest absolute Gasteiger partial charge is 0.397 e. The Balaban J connectivity index is 1.17. The number of anilines is 1. The lowest BCUT2D eigenvalue weighted by molar-refractivity contribution is -0.225. The Labute approximate surface area is 442 Å². The van der Waals surface area contributed by atoms with Crippen LogP contribution in [0.15, 0.2) is 59.5 Å². The molecule has 2 heterocycles. The number of nitrogens with two attached hydrogens (primary N) is 1. The highest BCUT2D eigenvalue weighted by Gasteiger charge is 2.43. The van der Waals surface area contributed by atoms with Crippen molar-refractivity contribution in [2.24, 2.45) is 5.73 Å². The molecule has 23 nitrogen and oxygen atoms in total. The highest BCUT2D eigenvalue weighted by Crippen LogP contribution is 2.31. The maximum absolute atomic E-state index is 14.4. The molecule has 414 valence electrons. The molecule has 2 saturated heterocycles. The Morgan fingerprint density at radius 2 is 1.56 bits per heavy atom. The zero-order valence-corrected chi connectivity index (χ0v) is 45.3. The number of nitrogens with one attached hydrogen (secondary N) is 5. The number of nitrogens with zero attached hydrogens (tertiary/aromatic N) is 1. The lowest BCUT2D eigenvalue weighted by Crippen LogP contribution is -2.57. The van der Waals surface area contributed by atoms with E-state index in [1.54, 1.807) is 56.0 Å². The fourth-order valence-electron chi connectivity index (χ4n) is 8.59. The minimum Gasteiger partial charge on any atom is -0.496 e. The number of sulfonamides is 1. The van der Waals surface area contributed by atoms with Crippen LogP contribution in [0.25, 0.3) is 0 Å². The Kier molecular flexibility index (Phi) is 23.2. The van der Waals surface area contributed by atoms with Gasteiger partial charge in [0.2, 0.25) is 27.7 Å². The lowest BCUT2D eigenvalue weighted by atomic mass is 10.00. The van der Waals surface area contributed by atoms with Crippen LogP contribution in [0.5, 0.6) is 5.75 Å². The first-order valence-corrected chi connectivity index (χ1v) is 28.1. The molecule has 0 spiro atoms. The van der Waals surface area contributed by atoms with Gasteiger partial charge in [-0.1, -0.05) is 24.3 Å². The average molecular weight is 1110 g/mol. The monoisotopic (exact) mass is 1110 g/mol. The number of likely N-dealkylation sites (tertiary alicyclic amines) is 1. The summed E-state index contributed by atoms with van der Waals surface area (Å²) >= 11 is 0.998. The molecule has 2 aliphatic heterocycles. The number of amidine groups is 1. The summed E-state index contributed by atoms with van der Waals surface area (Å²) in [7, 11) is -4.72. The summed E-state index contributed by atoms with van der Waals surface area (Å²) in [6.07, 6.45) is -0.249. The molecule has 3 aromatic rings. The van der Waals surface area contributed by atoms with Crippen LogP contribution in [0.3, 0.4) is 0 Å². The number of thioether (sulfide) groups is 1. The predicted octanol–water partition coefficient (Wildman–Crippen LogP) is 2.04. The molecule has 4 amide bonds. The minimum absolute atomic E-state index is 0.0286. The summed E-state index contributed by atoms with van der Waals surface area (Å²) in [4.78, 5) is 56.3. The van der Waals surface area contributed by atoms with Crippen molar-refractivity contribution in [2.75, 3.05) is 90.8 Å². The van der Waals surface area contributed by atoms with E-state index < -0.39 is 81.3 Å². The first-order valence-electron chi connectivity index (χ1n) is 24.1. The normalized spacial score (nSPS) is 18.9. The number of carbonyl (C=O) groups excluding carboxylic acids is 4. The fraction of sp³-hybridized carbons (Fsp3) is 0.531. The average Bonchev–Trinajstić information content (AvgIpc) is 3.38. The molecule has 2 fully saturated rings. The molecule has 2 aliphatic rings. The van der Waals surface area contributed by atoms with Crippen LogP contribution in [-0.4, -0.2) is 178 Å². The Bertz CT molecular complexity index is 2660. The number of rotatable bonds is 28. The van der Waals surface area contributed by atoms with E-state index in [1.807, 2.05) is 0 Å². The van der Waals surface area contributed by atoms with Crippen LogP contribution in [0.1, 0.15) is 57.4 Å². The number of piperidine rings is 1. The molecule has 3 unspecified atom stereocenters. The second kappa shape index (κ2) is 28.8. The summed E-state index contributed by atoms with van der Waals surface area (Å²) in [6, 6.07) is 11.9. The molecule has 0 aliphatic carbocycles. The maximum Gasteiger partial charge on any atom is 0.397 e. The minimum atomic E-state index is -4.72. The highest BCUT2D eigenvalue weighted by atomic mass is 32.3. The molecule has 0 radical (unpaired) electrons. The Morgan fingerprint density at radius 1 is 0.880 bits per heavy atom. The first kappa shape index (κ1) is 60.6. The number of benzene rings is 3. The fourth-order valence-corrected chi connectivity index (χ4v) is 11.6. The van der Waals surface area contributed by atoms with E-state index in [9.17, 15) is 36.0 Å². The number of hydrogen-bond acceptors (Lipinski definition) is 17. The van der Waals surface area contributed by atoms with Crippen molar-refractivity contribution >= 4 is 67.3 Å². The third-order valence-electron chi connectivity index (χ3n) is 12.6. The van der Waals surface area contributed by atoms with E-state index in [2.05, 4.69) is 24.9 Å². The third-order valence-corrected chi connectivity index (χ3v) is 15.8. The molecule has 75 heavy (non-hydrogen) atoms. The quantitative estimate of drug-likeness (QED) is 0.0237. The number of methoxy groups -OCH3 is 3. The zero-order chi connectivity index (χ0) is 54.9. The Hall–Kier alpha value is -5.26. The number of amides is 4. The van der Waals surface area contributed by atoms with E-state index in [-0.39, 0.29) is 67.5 Å². The Morgan fingerprint density at radius 3 is 2.19 bits per heavy atom. The molecule has 6 atom stereocenters. The van der Waals surface area contributed by atoms with Crippen LogP contribution in [0.4, 0.5) is 5.69 Å². The zero-order valence-electron chi connectivity index (χ0n) is 42.9. The van der Waals surface area contributed by atoms with E-state index in [0.29, 0.717) is 57.9 Å². The van der Waals surface area contributed by atoms with Crippen molar-refractivity contribution in [1.29, 1.82) is 5.41 Å². The van der Waals surface area contributed by atoms with Gasteiger partial charge < -0.3 is 55.0 Å². The van der Waals surface area contributed by atoms with Gasteiger partial charge in [0.1, 0.15) is 48.1 Å². The van der Waals surface area contributed by atoms with Gasteiger partial charge in [-0.05, 0) is 92.6 Å². The summed E-state index contributed by atoms with van der Waals surface area (Å²) in [5.74, 6) is -2.00. The molecule has 26 heteroatoms. The molecular formula is C49H69N7O16S3. The number of ether oxygens (including phenoxy) is 6. The second-order valence-electron chi connectivity index (χ2n) is 17.8. The molecular weight excluding hydrogens is 1040 g/mol. The number of carbonyl (C=O) groups is 4. The highest BCUT2D eigenvalue weighted by molar-refractivity contribution is 8.00. The van der Waals surface area contributed by atoms with Crippen molar-refractivity contribution < 1.29 is 73.2 Å². The van der Waals surface area contributed by atoms with Gasteiger partial charge in [-0.25, -0.2) is 12.6 Å². The second-order valence-corrected chi connectivity index (χ2v) is 21.6. The van der Waals surface area contributed by atoms with E-state index in [1.165, 1.54) is 45.6 Å². The maximum atomic E-state index is 14.4. The summed E-state index contributed by atoms with van der Waals surface area (Å²) in [6.45, 7) is 5.94. The molecule has 8 N–H and O–H groups in total. The van der Waals surface area contributed by atoms with Gasteiger partial charge in [-0.3, -0.25) is 29.1 Å². The number of nitrogen functional groups attached to an aromatic ring is 1. The predicted molar refractivity (Wildman–Crippen MR) is 279 cm³/mol.